The number of carbonyl (C=O) groups is 2. The van der Waals surface area contributed by atoms with Crippen molar-refractivity contribution in [2.75, 3.05) is 7.11 Å². The molecule has 3 N–H and O–H groups in total. The Hall–Kier alpha value is -4.41. The second kappa shape index (κ2) is 7.08. The van der Waals surface area contributed by atoms with E-state index in [0.717, 1.165) is 5.39 Å². The highest BCUT2D eigenvalue weighted by Crippen LogP contribution is 2.34. The van der Waals surface area contributed by atoms with Crippen molar-refractivity contribution in [1.82, 2.24) is 30.2 Å². The normalized spacial score (nSPS) is 18.1. The van der Waals surface area contributed by atoms with E-state index in [1.54, 1.807) is 24.4 Å². The number of halogens is 1. The van der Waals surface area contributed by atoms with E-state index < -0.39 is 23.3 Å². The predicted molar refractivity (Wildman–Crippen MR) is 110 cm³/mol. The summed E-state index contributed by atoms with van der Waals surface area (Å²) in [5.74, 6) is -0.573. The molecule has 0 radical (unpaired) electrons. The standard InChI is InChI=1S/C21H17FN6O4/c1-32-15-7-2-12-9-27(18(29)16(12)8-15)11-21(19(30)23-20(31)24-21)17-10-28(26-25-17)14-5-3-13(22)4-6-14/h2-10,29H,11H2,1H3,(H2,23,24,30,31)/t21-/m0/s1. The number of aromatic hydroxyl groups is 1. The van der Waals surface area contributed by atoms with E-state index in [1.165, 1.54) is 46.8 Å². The van der Waals surface area contributed by atoms with Gasteiger partial charge < -0.3 is 19.7 Å². The second-order valence-corrected chi connectivity index (χ2v) is 7.37. The number of aromatic nitrogens is 4. The van der Waals surface area contributed by atoms with Crippen LogP contribution in [0.1, 0.15) is 5.69 Å². The van der Waals surface area contributed by atoms with E-state index in [4.69, 9.17) is 4.74 Å². The highest BCUT2D eigenvalue weighted by Gasteiger charge is 2.50. The zero-order valence-corrected chi connectivity index (χ0v) is 16.7. The Balaban J connectivity index is 1.58. The Morgan fingerprint density at radius 3 is 2.62 bits per heavy atom. The summed E-state index contributed by atoms with van der Waals surface area (Å²) in [6, 6.07) is 10.1. The molecule has 11 heteroatoms. The van der Waals surface area contributed by atoms with Crippen LogP contribution in [-0.2, 0) is 16.9 Å². The Labute approximate surface area is 180 Å². The topological polar surface area (TPSA) is 123 Å². The average molecular weight is 436 g/mol. The van der Waals surface area contributed by atoms with Crippen LogP contribution >= 0.6 is 0 Å². The van der Waals surface area contributed by atoms with Crippen LogP contribution in [0.2, 0.25) is 0 Å². The van der Waals surface area contributed by atoms with Gasteiger partial charge in [-0.3, -0.25) is 10.1 Å². The number of hydrogen-bond acceptors (Lipinski definition) is 6. The smallest absolute Gasteiger partial charge is 0.322 e. The lowest BCUT2D eigenvalue weighted by Gasteiger charge is -2.24. The molecule has 0 spiro atoms. The van der Waals surface area contributed by atoms with Gasteiger partial charge in [0.25, 0.3) is 5.91 Å². The van der Waals surface area contributed by atoms with Gasteiger partial charge >= 0.3 is 6.03 Å². The molecular formula is C21H17FN6O4. The monoisotopic (exact) mass is 436 g/mol. The van der Waals surface area contributed by atoms with E-state index >= 15 is 0 Å². The molecule has 0 aliphatic carbocycles. The summed E-state index contributed by atoms with van der Waals surface area (Å²) in [6.07, 6.45) is 3.13. The molecule has 2 aromatic carbocycles. The molecule has 162 valence electrons. The van der Waals surface area contributed by atoms with Gasteiger partial charge in [-0.25, -0.2) is 13.9 Å². The first kappa shape index (κ1) is 19.5. The largest absolute Gasteiger partial charge is 0.497 e. The highest BCUT2D eigenvalue weighted by molar-refractivity contribution is 6.07. The van der Waals surface area contributed by atoms with Crippen LogP contribution in [0, 0.1) is 5.82 Å². The lowest BCUT2D eigenvalue weighted by atomic mass is 9.96. The number of hydrogen-bond donors (Lipinski definition) is 3. The summed E-state index contributed by atoms with van der Waals surface area (Å²) >= 11 is 0. The molecule has 0 unspecified atom stereocenters. The molecule has 3 heterocycles. The van der Waals surface area contributed by atoms with Crippen LogP contribution in [0.25, 0.3) is 16.5 Å². The van der Waals surface area contributed by atoms with Crippen molar-refractivity contribution in [2.24, 2.45) is 0 Å². The summed E-state index contributed by atoms with van der Waals surface area (Å²) in [5, 5.41) is 25.0. The van der Waals surface area contributed by atoms with E-state index in [0.29, 0.717) is 16.8 Å². The van der Waals surface area contributed by atoms with Crippen molar-refractivity contribution in [3.05, 3.63) is 66.4 Å². The molecule has 10 nitrogen and oxygen atoms in total. The minimum Gasteiger partial charge on any atom is -0.497 e. The van der Waals surface area contributed by atoms with Gasteiger partial charge in [-0.2, -0.15) is 0 Å². The molecule has 2 aromatic heterocycles. The van der Waals surface area contributed by atoms with Crippen LogP contribution in [0.15, 0.2) is 54.9 Å². The van der Waals surface area contributed by atoms with Gasteiger partial charge in [0.2, 0.25) is 0 Å². The zero-order chi connectivity index (χ0) is 22.5. The van der Waals surface area contributed by atoms with Crippen molar-refractivity contribution in [2.45, 2.75) is 12.1 Å². The number of urea groups is 1. The molecule has 5 rings (SSSR count). The summed E-state index contributed by atoms with van der Waals surface area (Å²) in [6.45, 7) is -0.143. The van der Waals surface area contributed by atoms with E-state index in [2.05, 4.69) is 20.9 Å². The third-order valence-corrected chi connectivity index (χ3v) is 5.44. The summed E-state index contributed by atoms with van der Waals surface area (Å²) in [7, 11) is 1.52. The number of carbonyl (C=O) groups excluding carboxylic acids is 2. The Morgan fingerprint density at radius 1 is 1.16 bits per heavy atom. The fraction of sp³-hybridized carbons (Fsp3) is 0.143. The first-order chi connectivity index (χ1) is 15.4. The minimum atomic E-state index is -1.62. The molecule has 3 amide bonds. The summed E-state index contributed by atoms with van der Waals surface area (Å²) in [4.78, 5) is 25.0. The summed E-state index contributed by atoms with van der Waals surface area (Å²) in [5.41, 5.74) is -0.946. The number of nitrogens with zero attached hydrogens (tertiary/aromatic N) is 4. The van der Waals surface area contributed by atoms with Gasteiger partial charge in [0.1, 0.15) is 17.3 Å². The fourth-order valence-electron chi connectivity index (χ4n) is 3.77. The number of methoxy groups -OCH3 is 1. The van der Waals surface area contributed by atoms with Gasteiger partial charge in [0, 0.05) is 17.0 Å². The number of rotatable bonds is 5. The molecule has 4 aromatic rings. The first-order valence-corrected chi connectivity index (χ1v) is 9.58. The Morgan fingerprint density at radius 2 is 1.94 bits per heavy atom. The van der Waals surface area contributed by atoms with E-state index in [-0.39, 0.29) is 18.1 Å². The number of ether oxygens (including phenoxy) is 1. The number of benzene rings is 2. The van der Waals surface area contributed by atoms with Crippen LogP contribution in [-0.4, -0.2) is 43.7 Å². The van der Waals surface area contributed by atoms with Crippen molar-refractivity contribution in [3.8, 4) is 17.3 Å². The maximum Gasteiger partial charge on any atom is 0.322 e. The fourth-order valence-corrected chi connectivity index (χ4v) is 3.77. The lowest BCUT2D eigenvalue weighted by Crippen LogP contribution is -2.47. The quantitative estimate of drug-likeness (QED) is 0.410. The molecule has 1 aliphatic rings. The van der Waals surface area contributed by atoms with Gasteiger partial charge in [-0.1, -0.05) is 5.21 Å². The third kappa shape index (κ3) is 3.02. The van der Waals surface area contributed by atoms with Crippen molar-refractivity contribution in [1.29, 1.82) is 0 Å². The van der Waals surface area contributed by atoms with Crippen LogP contribution in [0.3, 0.4) is 0 Å². The van der Waals surface area contributed by atoms with Gasteiger partial charge in [-0.05, 0) is 42.5 Å². The summed E-state index contributed by atoms with van der Waals surface area (Å²) < 4.78 is 21.3. The number of amides is 3. The van der Waals surface area contributed by atoms with Gasteiger partial charge in [0.05, 0.1) is 25.5 Å². The predicted octanol–water partition coefficient (Wildman–Crippen LogP) is 1.81. The molecule has 1 aliphatic heterocycles. The Bertz CT molecular complexity index is 1360. The maximum absolute atomic E-state index is 13.2. The molecule has 1 saturated heterocycles. The van der Waals surface area contributed by atoms with Crippen molar-refractivity contribution >= 4 is 22.7 Å². The second-order valence-electron chi connectivity index (χ2n) is 7.37. The van der Waals surface area contributed by atoms with E-state index in [9.17, 15) is 19.1 Å². The van der Waals surface area contributed by atoms with E-state index in [1.807, 2.05) is 0 Å². The molecule has 32 heavy (non-hydrogen) atoms. The van der Waals surface area contributed by atoms with Crippen molar-refractivity contribution < 1.29 is 23.8 Å². The van der Waals surface area contributed by atoms with Crippen LogP contribution < -0.4 is 15.4 Å². The number of imide groups is 1. The number of nitrogens with one attached hydrogen (secondary N) is 2. The highest BCUT2D eigenvalue weighted by atomic mass is 19.1. The molecule has 0 saturated carbocycles. The molecular weight excluding hydrogens is 419 g/mol. The van der Waals surface area contributed by atoms with Gasteiger partial charge in [-0.15, -0.1) is 5.10 Å². The minimum absolute atomic E-state index is 0.0989. The number of fused-ring (bicyclic) bond motifs is 1. The molecule has 0 bridgehead atoms. The SMILES string of the molecule is COc1ccc2cn(C[C@@]3(c4cn(-c5ccc(F)cc5)nn4)NC(=O)NC3=O)c(O)c2c1. The maximum atomic E-state index is 13.2. The van der Waals surface area contributed by atoms with Crippen LogP contribution in [0.5, 0.6) is 11.6 Å². The molecule has 1 fully saturated rings. The average Bonchev–Trinajstić information content (AvgIpc) is 3.46. The zero-order valence-electron chi connectivity index (χ0n) is 16.7. The first-order valence-electron chi connectivity index (χ1n) is 9.58. The third-order valence-electron chi connectivity index (χ3n) is 5.44. The Kier molecular flexibility index (Phi) is 4.33. The van der Waals surface area contributed by atoms with Crippen molar-refractivity contribution in [3.63, 3.8) is 0 Å². The van der Waals surface area contributed by atoms with Crippen LogP contribution in [0.4, 0.5) is 9.18 Å². The lowest BCUT2D eigenvalue weighted by molar-refractivity contribution is -0.125. The van der Waals surface area contributed by atoms with Gasteiger partial charge in [0.15, 0.2) is 11.4 Å². The molecule has 1 atom stereocenters.